The maximum atomic E-state index is 13.8. The highest BCUT2D eigenvalue weighted by molar-refractivity contribution is 9.10. The number of benzene rings is 2. The van der Waals surface area contributed by atoms with Gasteiger partial charge in [0.2, 0.25) is 0 Å². The van der Waals surface area contributed by atoms with E-state index in [4.69, 9.17) is 0 Å². The van der Waals surface area contributed by atoms with E-state index in [0.29, 0.717) is 4.47 Å². The number of rotatable bonds is 1. The molecule has 0 unspecified atom stereocenters. The predicted octanol–water partition coefficient (Wildman–Crippen LogP) is 4.41. The number of aromatic nitrogens is 2. The fourth-order valence-electron chi connectivity index (χ4n) is 1.88. The highest BCUT2D eigenvalue weighted by Crippen LogP contribution is 2.30. The third kappa shape index (κ3) is 2.02. The normalized spacial score (nSPS) is 11.2. The highest BCUT2D eigenvalue weighted by Gasteiger charge is 2.15. The number of halogens is 4. The zero-order valence-corrected chi connectivity index (χ0v) is 10.9. The zero-order chi connectivity index (χ0) is 13.6. The number of nitrogens with zero attached hydrogens (tertiary/aromatic N) is 1. The molecule has 6 heteroatoms. The molecule has 2 aromatic carbocycles. The van der Waals surface area contributed by atoms with Crippen molar-refractivity contribution in [3.05, 3.63) is 52.3 Å². The number of hydrogen-bond donors (Lipinski definition) is 1. The molecule has 0 spiro atoms. The Labute approximate surface area is 114 Å². The summed E-state index contributed by atoms with van der Waals surface area (Å²) >= 11 is 3.21. The molecule has 0 radical (unpaired) electrons. The van der Waals surface area contributed by atoms with Crippen LogP contribution in [0.1, 0.15) is 0 Å². The number of fused-ring (bicyclic) bond motifs is 1. The van der Waals surface area contributed by atoms with Crippen molar-refractivity contribution in [3.63, 3.8) is 0 Å². The molecule has 0 aliphatic heterocycles. The Bertz CT molecular complexity index is 763. The number of H-pyrrole nitrogens is 1. The van der Waals surface area contributed by atoms with E-state index in [1.54, 1.807) is 6.07 Å². The topological polar surface area (TPSA) is 28.7 Å². The van der Waals surface area contributed by atoms with Gasteiger partial charge in [0.25, 0.3) is 0 Å². The third-order valence-electron chi connectivity index (χ3n) is 2.70. The van der Waals surface area contributed by atoms with Crippen LogP contribution in [0.5, 0.6) is 0 Å². The fourth-order valence-corrected chi connectivity index (χ4v) is 2.41. The van der Waals surface area contributed by atoms with Gasteiger partial charge in [-0.15, -0.1) is 0 Å². The van der Waals surface area contributed by atoms with E-state index in [1.807, 2.05) is 0 Å². The molecular formula is C13H6BrF3N2. The molecular weight excluding hydrogens is 321 g/mol. The number of imidazole rings is 1. The van der Waals surface area contributed by atoms with Crippen LogP contribution in [0.25, 0.3) is 22.4 Å². The van der Waals surface area contributed by atoms with Crippen LogP contribution in [0.4, 0.5) is 13.2 Å². The second-order valence-electron chi connectivity index (χ2n) is 3.97. The average Bonchev–Trinajstić information content (AvgIpc) is 2.72. The van der Waals surface area contributed by atoms with E-state index in [-0.39, 0.29) is 22.4 Å². The molecule has 0 aliphatic rings. The lowest BCUT2D eigenvalue weighted by atomic mass is 10.2. The number of aromatic amines is 1. The van der Waals surface area contributed by atoms with Crippen LogP contribution in [-0.4, -0.2) is 9.97 Å². The van der Waals surface area contributed by atoms with Crippen molar-refractivity contribution < 1.29 is 13.2 Å². The van der Waals surface area contributed by atoms with Crippen LogP contribution in [0.15, 0.2) is 34.8 Å². The molecule has 0 atom stereocenters. The van der Waals surface area contributed by atoms with Crippen molar-refractivity contribution in [2.75, 3.05) is 0 Å². The zero-order valence-electron chi connectivity index (χ0n) is 9.35. The smallest absolute Gasteiger partial charge is 0.153 e. The molecule has 0 fully saturated rings. The lowest BCUT2D eigenvalue weighted by molar-refractivity contribution is 0.590. The van der Waals surface area contributed by atoms with Gasteiger partial charge < -0.3 is 4.98 Å². The molecule has 0 bridgehead atoms. The molecule has 96 valence electrons. The van der Waals surface area contributed by atoms with Crippen molar-refractivity contribution in [1.29, 1.82) is 0 Å². The molecule has 0 saturated heterocycles. The van der Waals surface area contributed by atoms with E-state index in [1.165, 1.54) is 12.1 Å². The first-order valence-electron chi connectivity index (χ1n) is 5.35. The lowest BCUT2D eigenvalue weighted by Gasteiger charge is -2.01. The Morgan fingerprint density at radius 1 is 1.05 bits per heavy atom. The highest BCUT2D eigenvalue weighted by atomic mass is 79.9. The van der Waals surface area contributed by atoms with Crippen LogP contribution in [0, 0.1) is 17.5 Å². The Morgan fingerprint density at radius 3 is 2.58 bits per heavy atom. The van der Waals surface area contributed by atoms with E-state index >= 15 is 0 Å². The standard InChI is InChI=1S/C13H6BrF3N2/c14-7-2-1-3-8(16)11(7)13-18-10-5-6(15)4-9(17)12(10)19-13/h1-5H,(H,18,19). The summed E-state index contributed by atoms with van der Waals surface area (Å²) in [5, 5.41) is 0. The summed E-state index contributed by atoms with van der Waals surface area (Å²) in [6.07, 6.45) is 0. The molecule has 0 saturated carbocycles. The van der Waals surface area contributed by atoms with Gasteiger partial charge in [-0.3, -0.25) is 0 Å². The minimum atomic E-state index is -0.787. The molecule has 1 N–H and O–H groups in total. The summed E-state index contributed by atoms with van der Waals surface area (Å²) in [5.74, 6) is -1.86. The van der Waals surface area contributed by atoms with Crippen molar-refractivity contribution >= 4 is 27.0 Å². The molecule has 0 aliphatic carbocycles. The van der Waals surface area contributed by atoms with Gasteiger partial charge in [0.05, 0.1) is 11.1 Å². The second kappa shape index (κ2) is 4.38. The summed E-state index contributed by atoms with van der Waals surface area (Å²) in [7, 11) is 0. The largest absolute Gasteiger partial charge is 0.338 e. The molecule has 3 rings (SSSR count). The van der Waals surface area contributed by atoms with Gasteiger partial charge in [0.15, 0.2) is 5.82 Å². The summed E-state index contributed by atoms with van der Waals surface area (Å²) in [6, 6.07) is 6.30. The van der Waals surface area contributed by atoms with Crippen molar-refractivity contribution in [2.45, 2.75) is 0 Å². The quantitative estimate of drug-likeness (QED) is 0.705. The van der Waals surface area contributed by atoms with Gasteiger partial charge in [-0.05, 0) is 34.1 Å². The van der Waals surface area contributed by atoms with Crippen LogP contribution in [0.3, 0.4) is 0 Å². The molecule has 0 amide bonds. The maximum absolute atomic E-state index is 13.8. The summed E-state index contributed by atoms with van der Waals surface area (Å²) < 4.78 is 40.9. The molecule has 2 nitrogen and oxygen atoms in total. The van der Waals surface area contributed by atoms with Gasteiger partial charge in [-0.2, -0.15) is 0 Å². The van der Waals surface area contributed by atoms with E-state index in [2.05, 4.69) is 25.9 Å². The Hall–Kier alpha value is -1.82. The Balaban J connectivity index is 2.30. The van der Waals surface area contributed by atoms with E-state index in [9.17, 15) is 13.2 Å². The van der Waals surface area contributed by atoms with Gasteiger partial charge in [-0.1, -0.05) is 6.07 Å². The van der Waals surface area contributed by atoms with E-state index in [0.717, 1.165) is 12.1 Å². The average molecular weight is 327 g/mol. The number of hydrogen-bond acceptors (Lipinski definition) is 1. The van der Waals surface area contributed by atoms with Gasteiger partial charge in [0, 0.05) is 10.5 Å². The molecule has 3 aromatic rings. The first-order valence-corrected chi connectivity index (χ1v) is 6.14. The molecule has 1 heterocycles. The van der Waals surface area contributed by atoms with Crippen molar-refractivity contribution in [3.8, 4) is 11.4 Å². The van der Waals surface area contributed by atoms with Crippen LogP contribution >= 0.6 is 15.9 Å². The summed E-state index contributed by atoms with van der Waals surface area (Å²) in [6.45, 7) is 0. The second-order valence-corrected chi connectivity index (χ2v) is 4.82. The van der Waals surface area contributed by atoms with Crippen LogP contribution in [0.2, 0.25) is 0 Å². The van der Waals surface area contributed by atoms with Gasteiger partial charge in [-0.25, -0.2) is 18.2 Å². The van der Waals surface area contributed by atoms with Gasteiger partial charge >= 0.3 is 0 Å². The van der Waals surface area contributed by atoms with Crippen LogP contribution in [-0.2, 0) is 0 Å². The summed E-state index contributed by atoms with van der Waals surface area (Å²) in [4.78, 5) is 6.69. The van der Waals surface area contributed by atoms with Crippen LogP contribution < -0.4 is 0 Å². The van der Waals surface area contributed by atoms with Crippen molar-refractivity contribution in [1.82, 2.24) is 9.97 Å². The Morgan fingerprint density at radius 2 is 1.84 bits per heavy atom. The van der Waals surface area contributed by atoms with Gasteiger partial charge in [0.1, 0.15) is 23.0 Å². The molecule has 1 aromatic heterocycles. The first-order chi connectivity index (χ1) is 9.06. The monoisotopic (exact) mass is 326 g/mol. The maximum Gasteiger partial charge on any atom is 0.153 e. The minimum absolute atomic E-state index is 0.0217. The predicted molar refractivity (Wildman–Crippen MR) is 69.1 cm³/mol. The third-order valence-corrected chi connectivity index (χ3v) is 3.37. The first kappa shape index (κ1) is 12.2. The fraction of sp³-hybridized carbons (Fsp3) is 0. The SMILES string of the molecule is Fc1cc(F)c2nc(-c3c(F)cccc3Br)[nH]c2c1. The number of nitrogens with one attached hydrogen (secondary N) is 1. The van der Waals surface area contributed by atoms with Crippen molar-refractivity contribution in [2.24, 2.45) is 0 Å². The van der Waals surface area contributed by atoms with E-state index < -0.39 is 17.5 Å². The lowest BCUT2D eigenvalue weighted by Crippen LogP contribution is -1.87. The molecule has 19 heavy (non-hydrogen) atoms. The minimum Gasteiger partial charge on any atom is -0.338 e. The summed E-state index contributed by atoms with van der Waals surface area (Å²) in [5.41, 5.74) is 0.340. The Kier molecular flexibility index (Phi) is 2.82.